The molecule has 0 aliphatic rings. The van der Waals surface area contributed by atoms with E-state index >= 15 is 0 Å². The second-order valence-electron chi connectivity index (χ2n) is 4.57. The zero-order valence-corrected chi connectivity index (χ0v) is 11.2. The number of nitriles is 1. The predicted molar refractivity (Wildman–Crippen MR) is 73.7 cm³/mol. The Bertz CT molecular complexity index is 453. The summed E-state index contributed by atoms with van der Waals surface area (Å²) in [7, 11) is 2.03. The first kappa shape index (κ1) is 15.2. The van der Waals surface area contributed by atoms with Crippen LogP contribution in [0.5, 0.6) is 0 Å². The van der Waals surface area contributed by atoms with E-state index in [0.29, 0.717) is 12.0 Å². The topological polar surface area (TPSA) is 82.2 Å². The first-order valence-electron chi connectivity index (χ1n) is 6.32. The van der Waals surface area contributed by atoms with Gasteiger partial charge in [0.05, 0.1) is 11.6 Å². The lowest BCUT2D eigenvalue weighted by Gasteiger charge is -2.16. The molecule has 0 saturated carbocycles. The van der Waals surface area contributed by atoms with E-state index in [9.17, 15) is 4.79 Å². The molecule has 0 atom stereocenters. The highest BCUT2D eigenvalue weighted by Gasteiger charge is 2.03. The summed E-state index contributed by atoms with van der Waals surface area (Å²) < 4.78 is 0. The van der Waals surface area contributed by atoms with Gasteiger partial charge in [-0.05, 0) is 44.1 Å². The Kier molecular flexibility index (Phi) is 6.58. The molecule has 5 nitrogen and oxygen atoms in total. The maximum atomic E-state index is 10.9. The Hall–Kier alpha value is -1.90. The third-order valence-electron chi connectivity index (χ3n) is 2.86. The predicted octanol–water partition coefficient (Wildman–Crippen LogP) is 1.15. The molecular formula is C14H20N4O. The highest BCUT2D eigenvalue weighted by Crippen LogP contribution is 2.07. The van der Waals surface area contributed by atoms with Gasteiger partial charge in [-0.15, -0.1) is 0 Å². The number of benzene rings is 1. The minimum absolute atomic E-state index is 0.121. The molecule has 0 unspecified atom stereocenters. The van der Waals surface area contributed by atoms with Crippen molar-refractivity contribution in [2.24, 2.45) is 5.84 Å². The quantitative estimate of drug-likeness (QED) is 0.333. The van der Waals surface area contributed by atoms with Crippen molar-refractivity contribution in [3.8, 4) is 6.07 Å². The molecule has 5 heteroatoms. The summed E-state index contributed by atoms with van der Waals surface area (Å²) in [6, 6.07) is 9.75. The van der Waals surface area contributed by atoms with Crippen LogP contribution in [0.25, 0.3) is 0 Å². The summed E-state index contributed by atoms with van der Waals surface area (Å²) in [5.74, 6) is 4.89. The number of hydrogen-bond acceptors (Lipinski definition) is 4. The van der Waals surface area contributed by atoms with E-state index in [0.717, 1.165) is 31.5 Å². The van der Waals surface area contributed by atoms with Gasteiger partial charge in [0.1, 0.15) is 0 Å². The van der Waals surface area contributed by atoms with Crippen molar-refractivity contribution in [2.75, 3.05) is 13.6 Å². The van der Waals surface area contributed by atoms with Crippen molar-refractivity contribution < 1.29 is 4.79 Å². The molecule has 0 fully saturated rings. The number of carbonyl (C=O) groups is 1. The number of hydrazine groups is 1. The maximum Gasteiger partial charge on any atom is 0.233 e. The maximum absolute atomic E-state index is 10.9. The molecule has 0 aromatic heterocycles. The monoisotopic (exact) mass is 260 g/mol. The van der Waals surface area contributed by atoms with Crippen molar-refractivity contribution >= 4 is 5.91 Å². The highest BCUT2D eigenvalue weighted by molar-refractivity contribution is 5.75. The Morgan fingerprint density at radius 3 is 2.95 bits per heavy atom. The fourth-order valence-electron chi connectivity index (χ4n) is 1.87. The number of hydrogen-bond donors (Lipinski definition) is 2. The highest BCUT2D eigenvalue weighted by atomic mass is 16.2. The summed E-state index contributed by atoms with van der Waals surface area (Å²) in [5, 5.41) is 8.83. The second-order valence-corrected chi connectivity index (χ2v) is 4.57. The van der Waals surface area contributed by atoms with E-state index < -0.39 is 0 Å². The molecule has 0 bridgehead atoms. The lowest BCUT2D eigenvalue weighted by Crippen LogP contribution is -2.29. The van der Waals surface area contributed by atoms with Crippen LogP contribution in [0.1, 0.15) is 30.4 Å². The zero-order chi connectivity index (χ0) is 14.1. The van der Waals surface area contributed by atoms with Gasteiger partial charge in [0, 0.05) is 13.0 Å². The van der Waals surface area contributed by atoms with Crippen LogP contribution in [0.15, 0.2) is 24.3 Å². The van der Waals surface area contributed by atoms with Crippen molar-refractivity contribution in [1.82, 2.24) is 10.3 Å². The fraction of sp³-hybridized carbons (Fsp3) is 0.429. The second kappa shape index (κ2) is 8.25. The van der Waals surface area contributed by atoms with E-state index in [1.54, 1.807) is 6.07 Å². The third kappa shape index (κ3) is 6.00. The van der Waals surface area contributed by atoms with Gasteiger partial charge in [0.15, 0.2) is 0 Å². The van der Waals surface area contributed by atoms with Crippen LogP contribution in [-0.4, -0.2) is 24.4 Å². The van der Waals surface area contributed by atoms with E-state index in [2.05, 4.69) is 16.4 Å². The van der Waals surface area contributed by atoms with Crippen LogP contribution in [-0.2, 0) is 11.3 Å². The molecule has 0 heterocycles. The Balaban J connectivity index is 2.29. The van der Waals surface area contributed by atoms with Gasteiger partial charge in [-0.25, -0.2) is 5.84 Å². The van der Waals surface area contributed by atoms with E-state index in [4.69, 9.17) is 11.1 Å². The largest absolute Gasteiger partial charge is 0.302 e. The molecular weight excluding hydrogens is 240 g/mol. The first-order chi connectivity index (χ1) is 9.15. The Morgan fingerprint density at radius 2 is 2.26 bits per heavy atom. The SMILES string of the molecule is CN(CCCCC(=O)NN)Cc1cccc(C#N)c1. The molecule has 1 aromatic rings. The lowest BCUT2D eigenvalue weighted by molar-refractivity contribution is -0.121. The van der Waals surface area contributed by atoms with E-state index in [1.807, 2.05) is 25.2 Å². The number of amides is 1. The summed E-state index contributed by atoms with van der Waals surface area (Å²) in [5.41, 5.74) is 3.93. The average molecular weight is 260 g/mol. The molecule has 0 aliphatic heterocycles. The molecule has 0 spiro atoms. The van der Waals surface area contributed by atoms with Gasteiger partial charge in [0.25, 0.3) is 0 Å². The summed E-state index contributed by atoms with van der Waals surface area (Å²) in [4.78, 5) is 13.1. The molecule has 1 amide bonds. The smallest absolute Gasteiger partial charge is 0.233 e. The molecule has 0 aliphatic carbocycles. The molecule has 1 rings (SSSR count). The summed E-state index contributed by atoms with van der Waals surface area (Å²) in [6.07, 6.45) is 2.24. The van der Waals surface area contributed by atoms with E-state index in [-0.39, 0.29) is 5.91 Å². The van der Waals surface area contributed by atoms with Gasteiger partial charge in [0.2, 0.25) is 5.91 Å². The average Bonchev–Trinajstić information content (AvgIpc) is 2.43. The van der Waals surface area contributed by atoms with Crippen molar-refractivity contribution in [2.45, 2.75) is 25.8 Å². The Morgan fingerprint density at radius 1 is 1.47 bits per heavy atom. The van der Waals surface area contributed by atoms with Gasteiger partial charge < -0.3 is 4.90 Å². The number of nitrogens with zero attached hydrogens (tertiary/aromatic N) is 2. The van der Waals surface area contributed by atoms with Gasteiger partial charge >= 0.3 is 0 Å². The molecule has 1 aromatic carbocycles. The normalized spacial score (nSPS) is 10.2. The van der Waals surface area contributed by atoms with E-state index in [1.165, 1.54) is 0 Å². The molecule has 102 valence electrons. The summed E-state index contributed by atoms with van der Waals surface area (Å²) in [6.45, 7) is 1.72. The number of nitrogens with one attached hydrogen (secondary N) is 1. The summed E-state index contributed by atoms with van der Waals surface area (Å²) >= 11 is 0. The van der Waals surface area contributed by atoms with Crippen LogP contribution < -0.4 is 11.3 Å². The molecule has 0 radical (unpaired) electrons. The van der Waals surface area contributed by atoms with Crippen LogP contribution in [0, 0.1) is 11.3 Å². The minimum atomic E-state index is -0.121. The van der Waals surface area contributed by atoms with Gasteiger partial charge in [-0.2, -0.15) is 5.26 Å². The lowest BCUT2D eigenvalue weighted by atomic mass is 10.1. The molecule has 0 saturated heterocycles. The van der Waals surface area contributed by atoms with Crippen molar-refractivity contribution in [1.29, 1.82) is 5.26 Å². The van der Waals surface area contributed by atoms with Crippen molar-refractivity contribution in [3.63, 3.8) is 0 Å². The van der Waals surface area contributed by atoms with Crippen LogP contribution in [0.2, 0.25) is 0 Å². The van der Waals surface area contributed by atoms with Crippen LogP contribution in [0.4, 0.5) is 0 Å². The molecule has 19 heavy (non-hydrogen) atoms. The standard InChI is InChI=1S/C14H20N4O/c1-18(8-3-2-7-14(19)17-16)11-13-6-4-5-12(9-13)10-15/h4-6,9H,2-3,7-8,11,16H2,1H3,(H,17,19). The minimum Gasteiger partial charge on any atom is -0.302 e. The molecule has 3 N–H and O–H groups in total. The zero-order valence-electron chi connectivity index (χ0n) is 11.2. The van der Waals surface area contributed by atoms with Crippen LogP contribution in [0.3, 0.4) is 0 Å². The number of nitrogens with two attached hydrogens (primary N) is 1. The number of unbranched alkanes of at least 4 members (excludes halogenated alkanes) is 1. The number of rotatable bonds is 7. The Labute approximate surface area is 114 Å². The first-order valence-corrected chi connectivity index (χ1v) is 6.32. The van der Waals surface area contributed by atoms with Crippen molar-refractivity contribution in [3.05, 3.63) is 35.4 Å². The third-order valence-corrected chi connectivity index (χ3v) is 2.86. The van der Waals surface area contributed by atoms with Crippen LogP contribution >= 0.6 is 0 Å². The van der Waals surface area contributed by atoms with Gasteiger partial charge in [-0.1, -0.05) is 12.1 Å². The fourth-order valence-corrected chi connectivity index (χ4v) is 1.87. The number of carbonyl (C=O) groups excluding carboxylic acids is 1. The van der Waals surface area contributed by atoms with Gasteiger partial charge in [-0.3, -0.25) is 10.2 Å².